The zero-order chi connectivity index (χ0) is 9.30. The van der Waals surface area contributed by atoms with E-state index in [4.69, 9.17) is 0 Å². The van der Waals surface area contributed by atoms with Crippen molar-refractivity contribution in [3.8, 4) is 0 Å². The molecule has 0 aliphatic carbocycles. The van der Waals surface area contributed by atoms with Gasteiger partial charge in [-0.05, 0) is 36.4 Å². The summed E-state index contributed by atoms with van der Waals surface area (Å²) in [6.45, 7) is 4.03. The minimum atomic E-state index is -2.43. The van der Waals surface area contributed by atoms with Crippen molar-refractivity contribution in [1.82, 2.24) is 9.78 Å². The fourth-order valence-corrected chi connectivity index (χ4v) is 1.65. The molecule has 0 aromatic carbocycles. The number of aryl methyl sites for hydroxylation is 2. The summed E-state index contributed by atoms with van der Waals surface area (Å²) in [5, 5.41) is 3.98. The highest BCUT2D eigenvalue weighted by atomic mass is 127. The van der Waals surface area contributed by atoms with E-state index in [-0.39, 0.29) is 5.69 Å². The van der Waals surface area contributed by atoms with Gasteiger partial charge in [-0.25, -0.2) is 8.78 Å². The Morgan fingerprint density at radius 2 is 2.17 bits per heavy atom. The molecule has 0 aliphatic rings. The van der Waals surface area contributed by atoms with Gasteiger partial charge >= 0.3 is 0 Å². The van der Waals surface area contributed by atoms with Crippen molar-refractivity contribution in [3.63, 3.8) is 0 Å². The number of rotatable bonds is 2. The molecule has 5 heteroatoms. The summed E-state index contributed by atoms with van der Waals surface area (Å²) in [6, 6.07) is 0. The second-order valence-corrected chi connectivity index (χ2v) is 3.48. The van der Waals surface area contributed by atoms with Gasteiger partial charge in [0.15, 0.2) is 0 Å². The van der Waals surface area contributed by atoms with E-state index in [0.717, 1.165) is 0 Å². The Morgan fingerprint density at radius 3 is 2.50 bits per heavy atom. The average Bonchev–Trinajstić information content (AvgIpc) is 2.28. The summed E-state index contributed by atoms with van der Waals surface area (Å²) in [4.78, 5) is 0. The van der Waals surface area contributed by atoms with E-state index < -0.39 is 6.43 Å². The predicted octanol–water partition coefficient (Wildman–Crippen LogP) is 2.75. The first-order valence-electron chi connectivity index (χ1n) is 3.58. The molecule has 12 heavy (non-hydrogen) atoms. The molecule has 0 radical (unpaired) electrons. The lowest BCUT2D eigenvalue weighted by Gasteiger charge is -2.02. The van der Waals surface area contributed by atoms with E-state index in [0.29, 0.717) is 15.8 Å². The monoisotopic (exact) mass is 286 g/mol. The molecule has 1 aromatic rings. The number of hydrogen-bond donors (Lipinski definition) is 0. The molecule has 1 rings (SSSR count). The Morgan fingerprint density at radius 1 is 1.58 bits per heavy atom. The minimum absolute atomic E-state index is 0.0376. The Hall–Kier alpha value is -0.200. The second-order valence-electron chi connectivity index (χ2n) is 2.40. The number of halogens is 3. The van der Waals surface area contributed by atoms with Gasteiger partial charge in [-0.3, -0.25) is 4.68 Å². The number of alkyl halides is 2. The van der Waals surface area contributed by atoms with Crippen LogP contribution in [0.5, 0.6) is 0 Å². The smallest absolute Gasteiger partial charge is 0.263 e. The maximum atomic E-state index is 12.4. The zero-order valence-electron chi connectivity index (χ0n) is 6.81. The van der Waals surface area contributed by atoms with Gasteiger partial charge in [0.05, 0.1) is 9.26 Å². The van der Waals surface area contributed by atoms with Crippen LogP contribution in [0.25, 0.3) is 0 Å². The highest BCUT2D eigenvalue weighted by Crippen LogP contribution is 2.26. The van der Waals surface area contributed by atoms with Gasteiger partial charge in [-0.2, -0.15) is 5.10 Å². The van der Waals surface area contributed by atoms with Crippen LogP contribution in [0.4, 0.5) is 8.78 Å². The third-order valence-electron chi connectivity index (χ3n) is 1.60. The van der Waals surface area contributed by atoms with Crippen LogP contribution in [0.1, 0.15) is 24.7 Å². The second kappa shape index (κ2) is 3.68. The molecule has 0 saturated carbocycles. The SMILES string of the molecule is CCn1nc(C)c(I)c1C(F)F. The predicted molar refractivity (Wildman–Crippen MR) is 50.3 cm³/mol. The van der Waals surface area contributed by atoms with Gasteiger partial charge in [-0.15, -0.1) is 0 Å². The van der Waals surface area contributed by atoms with E-state index in [9.17, 15) is 8.78 Å². The Labute approximate surface area is 83.1 Å². The van der Waals surface area contributed by atoms with E-state index in [1.165, 1.54) is 4.68 Å². The molecule has 0 atom stereocenters. The Bertz CT molecular complexity index is 283. The summed E-state index contributed by atoms with van der Waals surface area (Å²) >= 11 is 1.90. The highest BCUT2D eigenvalue weighted by Gasteiger charge is 2.19. The molecular formula is C7H9F2IN2. The van der Waals surface area contributed by atoms with Crippen molar-refractivity contribution in [3.05, 3.63) is 15.0 Å². The fourth-order valence-electron chi connectivity index (χ4n) is 1.03. The summed E-state index contributed by atoms with van der Waals surface area (Å²) in [7, 11) is 0. The van der Waals surface area contributed by atoms with Gasteiger partial charge in [-0.1, -0.05) is 0 Å². The number of nitrogens with zero attached hydrogens (tertiary/aromatic N) is 2. The lowest BCUT2D eigenvalue weighted by atomic mass is 10.4. The van der Waals surface area contributed by atoms with Crippen molar-refractivity contribution >= 4 is 22.6 Å². The lowest BCUT2D eigenvalue weighted by Crippen LogP contribution is -2.03. The number of aromatic nitrogens is 2. The molecule has 0 fully saturated rings. The molecule has 0 spiro atoms. The third kappa shape index (κ3) is 1.60. The molecule has 68 valence electrons. The van der Waals surface area contributed by atoms with Crippen molar-refractivity contribution in [1.29, 1.82) is 0 Å². The quantitative estimate of drug-likeness (QED) is 0.764. The fraction of sp³-hybridized carbons (Fsp3) is 0.571. The standard InChI is InChI=1S/C7H9F2IN2/c1-3-12-6(7(8)9)5(10)4(2)11-12/h7H,3H2,1-2H3. The summed E-state index contributed by atoms with van der Waals surface area (Å²) in [6.07, 6.45) is -2.43. The van der Waals surface area contributed by atoms with Gasteiger partial charge in [0, 0.05) is 6.54 Å². The molecule has 0 amide bonds. The lowest BCUT2D eigenvalue weighted by molar-refractivity contribution is 0.138. The molecule has 0 bridgehead atoms. The number of hydrogen-bond acceptors (Lipinski definition) is 1. The van der Waals surface area contributed by atoms with Crippen LogP contribution >= 0.6 is 22.6 Å². The first-order valence-corrected chi connectivity index (χ1v) is 4.66. The molecule has 0 aliphatic heterocycles. The van der Waals surface area contributed by atoms with Crippen LogP contribution in [0, 0.1) is 10.5 Å². The van der Waals surface area contributed by atoms with Crippen molar-refractivity contribution < 1.29 is 8.78 Å². The van der Waals surface area contributed by atoms with Crippen LogP contribution in [0.2, 0.25) is 0 Å². The summed E-state index contributed by atoms with van der Waals surface area (Å²) in [5.41, 5.74) is 0.711. The highest BCUT2D eigenvalue weighted by molar-refractivity contribution is 14.1. The van der Waals surface area contributed by atoms with Gasteiger partial charge in [0.2, 0.25) is 0 Å². The maximum Gasteiger partial charge on any atom is 0.281 e. The van der Waals surface area contributed by atoms with Crippen LogP contribution in [-0.4, -0.2) is 9.78 Å². The van der Waals surface area contributed by atoms with Crippen molar-refractivity contribution in [2.45, 2.75) is 26.8 Å². The van der Waals surface area contributed by atoms with Crippen LogP contribution in [-0.2, 0) is 6.54 Å². The van der Waals surface area contributed by atoms with E-state index in [2.05, 4.69) is 5.10 Å². The Kier molecular flexibility index (Phi) is 3.03. The molecule has 0 N–H and O–H groups in total. The normalized spacial score (nSPS) is 11.2. The molecular weight excluding hydrogens is 277 g/mol. The average molecular weight is 286 g/mol. The molecule has 0 saturated heterocycles. The molecule has 1 heterocycles. The minimum Gasteiger partial charge on any atom is -0.263 e. The summed E-state index contributed by atoms with van der Waals surface area (Å²) in [5.74, 6) is 0. The van der Waals surface area contributed by atoms with Gasteiger partial charge < -0.3 is 0 Å². The van der Waals surface area contributed by atoms with E-state index in [1.807, 2.05) is 22.6 Å². The first kappa shape index (κ1) is 9.88. The maximum absolute atomic E-state index is 12.4. The molecule has 1 aromatic heterocycles. The van der Waals surface area contributed by atoms with Gasteiger partial charge in [0.25, 0.3) is 6.43 Å². The largest absolute Gasteiger partial charge is 0.281 e. The first-order chi connectivity index (χ1) is 5.57. The summed E-state index contributed by atoms with van der Waals surface area (Å²) < 4.78 is 26.8. The van der Waals surface area contributed by atoms with Crippen LogP contribution in [0.3, 0.4) is 0 Å². The van der Waals surface area contributed by atoms with E-state index in [1.54, 1.807) is 13.8 Å². The van der Waals surface area contributed by atoms with Crippen molar-refractivity contribution in [2.75, 3.05) is 0 Å². The van der Waals surface area contributed by atoms with Crippen LogP contribution in [0.15, 0.2) is 0 Å². The van der Waals surface area contributed by atoms with Gasteiger partial charge in [0.1, 0.15) is 5.69 Å². The van der Waals surface area contributed by atoms with Crippen molar-refractivity contribution in [2.24, 2.45) is 0 Å². The molecule has 0 unspecified atom stereocenters. The molecule has 2 nitrogen and oxygen atoms in total. The third-order valence-corrected chi connectivity index (χ3v) is 2.93. The zero-order valence-corrected chi connectivity index (χ0v) is 8.97. The van der Waals surface area contributed by atoms with E-state index >= 15 is 0 Å². The Balaban J connectivity index is 3.21. The van der Waals surface area contributed by atoms with Crippen LogP contribution < -0.4 is 0 Å². The topological polar surface area (TPSA) is 17.8 Å².